The van der Waals surface area contributed by atoms with Crippen LogP contribution in [0.1, 0.15) is 46.4 Å². The van der Waals surface area contributed by atoms with E-state index in [-0.39, 0.29) is 17.7 Å². The number of rotatable bonds is 7. The van der Waals surface area contributed by atoms with Crippen molar-refractivity contribution in [2.75, 3.05) is 5.32 Å². The highest BCUT2D eigenvalue weighted by atomic mass is 19.1. The smallest absolute Gasteiger partial charge is 0.276 e. The SMILES string of the molecule is Cc1c(F)cc(C(=O)Nc2ccc(OCc3noc(C4CC4)n3)cc2)cc1[N+](=O)[O-]. The van der Waals surface area contributed by atoms with Crippen LogP contribution >= 0.6 is 0 Å². The van der Waals surface area contributed by atoms with Crippen molar-refractivity contribution in [3.05, 3.63) is 75.2 Å². The van der Waals surface area contributed by atoms with Crippen molar-refractivity contribution >= 4 is 17.3 Å². The molecule has 1 N–H and O–H groups in total. The number of carbonyl (C=O) groups is 1. The third kappa shape index (κ3) is 4.27. The van der Waals surface area contributed by atoms with Gasteiger partial charge in [0.05, 0.1) is 10.5 Å². The maximum absolute atomic E-state index is 13.9. The first kappa shape index (κ1) is 19.5. The van der Waals surface area contributed by atoms with Crippen LogP contribution in [0.3, 0.4) is 0 Å². The van der Waals surface area contributed by atoms with Gasteiger partial charge < -0.3 is 14.6 Å². The Bertz CT molecular complexity index is 1110. The Balaban J connectivity index is 1.38. The number of hydrogen-bond donors (Lipinski definition) is 1. The molecule has 1 saturated carbocycles. The first-order chi connectivity index (χ1) is 14.4. The van der Waals surface area contributed by atoms with Crippen molar-refractivity contribution in [3.63, 3.8) is 0 Å². The lowest BCUT2D eigenvalue weighted by molar-refractivity contribution is -0.385. The minimum atomic E-state index is -0.815. The molecule has 1 aliphatic carbocycles. The molecular weight excluding hydrogens is 395 g/mol. The molecule has 0 radical (unpaired) electrons. The molecule has 1 aliphatic rings. The van der Waals surface area contributed by atoms with Crippen molar-refractivity contribution in [1.29, 1.82) is 0 Å². The third-order valence-electron chi connectivity index (χ3n) is 4.67. The van der Waals surface area contributed by atoms with E-state index >= 15 is 0 Å². The van der Waals surface area contributed by atoms with Gasteiger partial charge in [0, 0.05) is 23.2 Å². The number of amides is 1. The summed E-state index contributed by atoms with van der Waals surface area (Å²) in [5, 5.41) is 17.5. The topological polar surface area (TPSA) is 120 Å². The standard InChI is InChI=1S/C20H17FN4O5/c1-11-16(21)8-13(9-17(11)25(27)28)19(26)22-14-4-6-15(7-5-14)29-10-18-23-20(30-24-18)12-2-3-12/h4-9,12H,2-3,10H2,1H3,(H,22,26). The van der Waals surface area contributed by atoms with Gasteiger partial charge in [0.1, 0.15) is 11.6 Å². The van der Waals surface area contributed by atoms with Gasteiger partial charge in [0.25, 0.3) is 11.6 Å². The highest BCUT2D eigenvalue weighted by Crippen LogP contribution is 2.38. The average Bonchev–Trinajstić information content (AvgIpc) is 3.47. The van der Waals surface area contributed by atoms with Gasteiger partial charge in [-0.15, -0.1) is 0 Å². The van der Waals surface area contributed by atoms with Crippen molar-refractivity contribution < 1.29 is 23.4 Å². The van der Waals surface area contributed by atoms with E-state index in [4.69, 9.17) is 9.26 Å². The van der Waals surface area contributed by atoms with Gasteiger partial charge in [0.2, 0.25) is 11.7 Å². The first-order valence-corrected chi connectivity index (χ1v) is 9.22. The Morgan fingerprint density at radius 2 is 2.07 bits per heavy atom. The zero-order valence-corrected chi connectivity index (χ0v) is 15.9. The number of halogens is 1. The van der Waals surface area contributed by atoms with E-state index in [9.17, 15) is 19.3 Å². The van der Waals surface area contributed by atoms with Crippen LogP contribution in [-0.2, 0) is 6.61 Å². The molecule has 10 heteroatoms. The van der Waals surface area contributed by atoms with E-state index in [1.165, 1.54) is 6.92 Å². The lowest BCUT2D eigenvalue weighted by Crippen LogP contribution is -2.13. The molecule has 1 amide bonds. The monoisotopic (exact) mass is 412 g/mol. The summed E-state index contributed by atoms with van der Waals surface area (Å²) in [7, 11) is 0. The zero-order chi connectivity index (χ0) is 21.3. The molecule has 2 aromatic carbocycles. The van der Waals surface area contributed by atoms with Gasteiger partial charge in [-0.05, 0) is 50.1 Å². The lowest BCUT2D eigenvalue weighted by atomic mass is 10.1. The molecule has 0 bridgehead atoms. The maximum atomic E-state index is 13.9. The second-order valence-electron chi connectivity index (χ2n) is 6.95. The Kier molecular flexibility index (Phi) is 5.13. The number of nitrogens with zero attached hydrogens (tertiary/aromatic N) is 3. The molecule has 0 spiro atoms. The summed E-state index contributed by atoms with van der Waals surface area (Å²) < 4.78 is 24.7. The fourth-order valence-electron chi connectivity index (χ4n) is 2.79. The highest BCUT2D eigenvalue weighted by molar-refractivity contribution is 6.04. The molecule has 4 rings (SSSR count). The highest BCUT2D eigenvalue weighted by Gasteiger charge is 2.29. The third-order valence-corrected chi connectivity index (χ3v) is 4.67. The van der Waals surface area contributed by atoms with Gasteiger partial charge in [0.15, 0.2) is 6.61 Å². The van der Waals surface area contributed by atoms with Crippen LogP contribution in [0.25, 0.3) is 0 Å². The number of ether oxygens (including phenoxy) is 1. The summed E-state index contributed by atoms with van der Waals surface area (Å²) in [6.45, 7) is 1.43. The average molecular weight is 412 g/mol. The number of nitrogens with one attached hydrogen (secondary N) is 1. The van der Waals surface area contributed by atoms with Crippen LogP contribution in [0.2, 0.25) is 0 Å². The normalized spacial score (nSPS) is 13.1. The predicted octanol–water partition coefficient (Wildman–Crippen LogP) is 4.13. The second-order valence-corrected chi connectivity index (χ2v) is 6.95. The number of benzene rings is 2. The number of anilines is 1. The van der Waals surface area contributed by atoms with E-state index in [0.717, 1.165) is 25.0 Å². The number of nitro benzene ring substituents is 1. The molecule has 1 heterocycles. The molecule has 154 valence electrons. The van der Waals surface area contributed by atoms with Crippen molar-refractivity contribution in [1.82, 2.24) is 10.1 Å². The van der Waals surface area contributed by atoms with Crippen LogP contribution in [0, 0.1) is 22.9 Å². The molecule has 1 aromatic heterocycles. The molecule has 0 saturated heterocycles. The van der Waals surface area contributed by atoms with E-state index in [1.807, 2.05) is 0 Å². The van der Waals surface area contributed by atoms with Gasteiger partial charge >= 0.3 is 0 Å². The van der Waals surface area contributed by atoms with Gasteiger partial charge in [-0.2, -0.15) is 4.98 Å². The van der Waals surface area contributed by atoms with Crippen LogP contribution in [0.4, 0.5) is 15.8 Å². The van der Waals surface area contributed by atoms with Crippen molar-refractivity contribution in [2.24, 2.45) is 0 Å². The number of hydrogen-bond acceptors (Lipinski definition) is 7. The van der Waals surface area contributed by atoms with Gasteiger partial charge in [-0.25, -0.2) is 4.39 Å². The zero-order valence-electron chi connectivity index (χ0n) is 15.9. The van der Waals surface area contributed by atoms with Crippen LogP contribution in [0.5, 0.6) is 5.75 Å². The van der Waals surface area contributed by atoms with Gasteiger partial charge in [-0.3, -0.25) is 14.9 Å². The summed E-state index contributed by atoms with van der Waals surface area (Å²) in [5.41, 5.74) is -0.292. The van der Waals surface area contributed by atoms with Crippen LogP contribution in [0.15, 0.2) is 40.9 Å². The molecule has 0 aliphatic heterocycles. The summed E-state index contributed by atoms with van der Waals surface area (Å²) >= 11 is 0. The van der Waals surface area contributed by atoms with E-state index in [2.05, 4.69) is 15.5 Å². The second kappa shape index (κ2) is 7.90. The van der Waals surface area contributed by atoms with Crippen molar-refractivity contribution in [3.8, 4) is 5.75 Å². The fraction of sp³-hybridized carbons (Fsp3) is 0.250. The Morgan fingerprint density at radius 1 is 1.33 bits per heavy atom. The van der Waals surface area contributed by atoms with Gasteiger partial charge in [-0.1, -0.05) is 5.16 Å². The first-order valence-electron chi connectivity index (χ1n) is 9.22. The van der Waals surface area contributed by atoms with E-state index in [1.54, 1.807) is 24.3 Å². The molecule has 3 aromatic rings. The van der Waals surface area contributed by atoms with Crippen LogP contribution in [-0.4, -0.2) is 21.0 Å². The number of aromatic nitrogens is 2. The Hall–Kier alpha value is -3.82. The summed E-state index contributed by atoms with van der Waals surface area (Å²) in [6.07, 6.45) is 2.14. The van der Waals surface area contributed by atoms with E-state index in [0.29, 0.717) is 29.1 Å². The molecule has 0 atom stereocenters. The molecular formula is C20H17FN4O5. The summed E-state index contributed by atoms with van der Waals surface area (Å²) in [5.74, 6) is 0.520. The van der Waals surface area contributed by atoms with Crippen molar-refractivity contribution in [2.45, 2.75) is 32.3 Å². The number of nitro groups is 1. The predicted molar refractivity (Wildman–Crippen MR) is 103 cm³/mol. The molecule has 30 heavy (non-hydrogen) atoms. The van der Waals surface area contributed by atoms with E-state index < -0.39 is 22.3 Å². The summed E-state index contributed by atoms with van der Waals surface area (Å²) in [6, 6.07) is 8.48. The minimum Gasteiger partial charge on any atom is -0.485 e. The lowest BCUT2D eigenvalue weighted by Gasteiger charge is -2.08. The maximum Gasteiger partial charge on any atom is 0.276 e. The molecule has 1 fully saturated rings. The molecule has 9 nitrogen and oxygen atoms in total. The minimum absolute atomic E-state index is 0.121. The molecule has 0 unspecified atom stereocenters. The number of carbonyl (C=O) groups excluding carboxylic acids is 1. The summed E-state index contributed by atoms with van der Waals surface area (Å²) in [4.78, 5) is 26.9. The Labute approximate surface area is 170 Å². The largest absolute Gasteiger partial charge is 0.485 e. The fourth-order valence-corrected chi connectivity index (χ4v) is 2.79. The Morgan fingerprint density at radius 3 is 2.73 bits per heavy atom. The quantitative estimate of drug-likeness (QED) is 0.457. The van der Waals surface area contributed by atoms with Crippen LogP contribution < -0.4 is 10.1 Å².